The van der Waals surface area contributed by atoms with E-state index < -0.39 is 0 Å². The van der Waals surface area contributed by atoms with Crippen LogP contribution in [0.3, 0.4) is 0 Å². The Morgan fingerprint density at radius 3 is 2.50 bits per heavy atom. The number of amides is 1. The monoisotopic (exact) mass is 343 g/mol. The standard InChI is InChI=1S/C19H18FNO2S/c1-11(2)23-14-8-9-16-15(10-14)17(19(22)21-3)18(24-16)12-4-6-13(20)7-5-12/h4-11H,1-3H3,(H,21,22). The van der Waals surface area contributed by atoms with Gasteiger partial charge >= 0.3 is 0 Å². The molecular formula is C19H18FNO2S. The van der Waals surface area contributed by atoms with Gasteiger partial charge in [-0.1, -0.05) is 12.1 Å². The summed E-state index contributed by atoms with van der Waals surface area (Å²) in [6, 6.07) is 11.9. The number of carbonyl (C=O) groups excluding carboxylic acids is 1. The van der Waals surface area contributed by atoms with E-state index in [9.17, 15) is 9.18 Å². The van der Waals surface area contributed by atoms with Gasteiger partial charge in [0, 0.05) is 22.0 Å². The predicted molar refractivity (Wildman–Crippen MR) is 96.4 cm³/mol. The molecule has 3 nitrogen and oxygen atoms in total. The smallest absolute Gasteiger partial charge is 0.253 e. The van der Waals surface area contributed by atoms with Crippen molar-refractivity contribution < 1.29 is 13.9 Å². The Morgan fingerprint density at radius 2 is 1.88 bits per heavy atom. The normalized spacial score (nSPS) is 11.0. The third-order valence-corrected chi connectivity index (χ3v) is 4.81. The van der Waals surface area contributed by atoms with Crippen LogP contribution >= 0.6 is 11.3 Å². The van der Waals surface area contributed by atoms with Crippen LogP contribution < -0.4 is 10.1 Å². The number of hydrogen-bond acceptors (Lipinski definition) is 3. The van der Waals surface area contributed by atoms with E-state index >= 15 is 0 Å². The molecule has 0 aliphatic carbocycles. The van der Waals surface area contributed by atoms with Crippen LogP contribution in [0.2, 0.25) is 0 Å². The number of fused-ring (bicyclic) bond motifs is 1. The highest BCUT2D eigenvalue weighted by molar-refractivity contribution is 7.22. The Labute approximate surface area is 144 Å². The van der Waals surface area contributed by atoms with Crippen LogP contribution in [0.5, 0.6) is 5.75 Å². The molecule has 2 aromatic carbocycles. The first kappa shape index (κ1) is 16.5. The minimum atomic E-state index is -0.297. The molecule has 0 unspecified atom stereocenters. The summed E-state index contributed by atoms with van der Waals surface area (Å²) in [4.78, 5) is 13.3. The highest BCUT2D eigenvalue weighted by Gasteiger charge is 2.20. The second-order valence-electron chi connectivity index (χ2n) is 5.72. The molecule has 24 heavy (non-hydrogen) atoms. The fourth-order valence-corrected chi connectivity index (χ4v) is 3.76. The van der Waals surface area contributed by atoms with Crippen molar-refractivity contribution in [1.29, 1.82) is 0 Å². The van der Waals surface area contributed by atoms with Gasteiger partial charge < -0.3 is 10.1 Å². The zero-order chi connectivity index (χ0) is 17.3. The van der Waals surface area contributed by atoms with E-state index in [0.717, 1.165) is 26.3 Å². The van der Waals surface area contributed by atoms with Gasteiger partial charge in [-0.15, -0.1) is 11.3 Å². The van der Waals surface area contributed by atoms with Crippen molar-refractivity contribution in [3.05, 3.63) is 53.8 Å². The second kappa shape index (κ2) is 6.61. The maximum absolute atomic E-state index is 13.2. The number of carbonyl (C=O) groups is 1. The van der Waals surface area contributed by atoms with Gasteiger partial charge in [0.05, 0.1) is 11.7 Å². The number of rotatable bonds is 4. The summed E-state index contributed by atoms with van der Waals surface area (Å²) >= 11 is 1.52. The third kappa shape index (κ3) is 3.12. The van der Waals surface area contributed by atoms with Crippen molar-refractivity contribution in [2.45, 2.75) is 20.0 Å². The first-order valence-electron chi connectivity index (χ1n) is 7.71. The summed E-state index contributed by atoms with van der Waals surface area (Å²) in [5, 5.41) is 3.54. The lowest BCUT2D eigenvalue weighted by Crippen LogP contribution is -2.18. The maximum atomic E-state index is 13.2. The first-order valence-corrected chi connectivity index (χ1v) is 8.52. The summed E-state index contributed by atoms with van der Waals surface area (Å²) in [7, 11) is 1.61. The number of thiophene rings is 1. The van der Waals surface area contributed by atoms with Gasteiger partial charge in [0.15, 0.2) is 0 Å². The fourth-order valence-electron chi connectivity index (χ4n) is 2.58. The van der Waals surface area contributed by atoms with Crippen molar-refractivity contribution in [2.24, 2.45) is 0 Å². The van der Waals surface area contributed by atoms with Gasteiger partial charge in [-0.2, -0.15) is 0 Å². The molecule has 124 valence electrons. The summed E-state index contributed by atoms with van der Waals surface area (Å²) in [5.74, 6) is 0.266. The van der Waals surface area contributed by atoms with Crippen molar-refractivity contribution in [2.75, 3.05) is 7.05 Å². The van der Waals surface area contributed by atoms with Crippen molar-refractivity contribution >= 4 is 27.3 Å². The largest absolute Gasteiger partial charge is 0.491 e. The Bertz CT molecular complexity index is 884. The highest BCUT2D eigenvalue weighted by Crippen LogP contribution is 2.40. The van der Waals surface area contributed by atoms with Gasteiger partial charge in [0.2, 0.25) is 0 Å². The summed E-state index contributed by atoms with van der Waals surface area (Å²) in [6.07, 6.45) is 0.0566. The van der Waals surface area contributed by atoms with Crippen molar-refractivity contribution in [3.63, 3.8) is 0 Å². The number of ether oxygens (including phenoxy) is 1. The molecule has 0 saturated carbocycles. The van der Waals surface area contributed by atoms with E-state index in [0.29, 0.717) is 5.56 Å². The van der Waals surface area contributed by atoms with E-state index in [2.05, 4.69) is 5.32 Å². The average Bonchev–Trinajstić information content (AvgIpc) is 2.93. The molecule has 1 N–H and O–H groups in total. The topological polar surface area (TPSA) is 38.3 Å². The molecule has 1 heterocycles. The number of benzene rings is 2. The van der Waals surface area contributed by atoms with Crippen LogP contribution in [0, 0.1) is 5.82 Å². The Balaban J connectivity index is 2.21. The number of hydrogen-bond donors (Lipinski definition) is 1. The van der Waals surface area contributed by atoms with Crippen LogP contribution in [-0.2, 0) is 0 Å². The second-order valence-corrected chi connectivity index (χ2v) is 6.77. The first-order chi connectivity index (χ1) is 11.5. The quantitative estimate of drug-likeness (QED) is 0.735. The minimum Gasteiger partial charge on any atom is -0.491 e. The molecule has 1 aromatic heterocycles. The van der Waals surface area contributed by atoms with E-state index in [4.69, 9.17) is 4.74 Å². The van der Waals surface area contributed by atoms with Gasteiger partial charge in [-0.3, -0.25) is 4.79 Å². The Kier molecular flexibility index (Phi) is 4.53. The van der Waals surface area contributed by atoms with Crippen LogP contribution in [0.1, 0.15) is 24.2 Å². The average molecular weight is 343 g/mol. The zero-order valence-corrected chi connectivity index (χ0v) is 14.5. The zero-order valence-electron chi connectivity index (χ0n) is 13.7. The molecule has 0 spiro atoms. The van der Waals surface area contributed by atoms with E-state index in [-0.39, 0.29) is 17.8 Å². The van der Waals surface area contributed by atoms with Crippen LogP contribution in [-0.4, -0.2) is 19.1 Å². The molecule has 0 fully saturated rings. The molecule has 1 amide bonds. The van der Waals surface area contributed by atoms with E-state index in [1.807, 2.05) is 32.0 Å². The predicted octanol–water partition coefficient (Wildman–Crippen LogP) is 4.85. The van der Waals surface area contributed by atoms with Crippen LogP contribution in [0.25, 0.3) is 20.5 Å². The summed E-state index contributed by atoms with van der Waals surface area (Å²) in [6.45, 7) is 3.92. The van der Waals surface area contributed by atoms with E-state index in [1.54, 1.807) is 19.2 Å². The molecular weight excluding hydrogens is 325 g/mol. The molecule has 3 rings (SSSR count). The molecule has 3 aromatic rings. The van der Waals surface area contributed by atoms with E-state index in [1.165, 1.54) is 23.5 Å². The van der Waals surface area contributed by atoms with Crippen LogP contribution in [0.15, 0.2) is 42.5 Å². The molecule has 5 heteroatoms. The molecule has 0 aliphatic rings. The fraction of sp³-hybridized carbons (Fsp3) is 0.211. The lowest BCUT2D eigenvalue weighted by molar-refractivity contribution is 0.0965. The lowest BCUT2D eigenvalue weighted by Gasteiger charge is -2.10. The molecule has 0 bridgehead atoms. The van der Waals surface area contributed by atoms with Crippen molar-refractivity contribution in [1.82, 2.24) is 5.32 Å². The molecule has 0 aliphatic heterocycles. The third-order valence-electron chi connectivity index (χ3n) is 3.59. The summed E-state index contributed by atoms with van der Waals surface area (Å²) < 4.78 is 19.9. The highest BCUT2D eigenvalue weighted by atomic mass is 32.1. The Hall–Kier alpha value is -2.40. The van der Waals surface area contributed by atoms with Gasteiger partial charge in [0.25, 0.3) is 5.91 Å². The maximum Gasteiger partial charge on any atom is 0.253 e. The van der Waals surface area contributed by atoms with Crippen molar-refractivity contribution in [3.8, 4) is 16.2 Å². The molecule has 0 atom stereocenters. The SMILES string of the molecule is CNC(=O)c1c(-c2ccc(F)cc2)sc2ccc(OC(C)C)cc12. The number of halogens is 1. The number of nitrogens with one attached hydrogen (secondary N) is 1. The van der Waals surface area contributed by atoms with Crippen LogP contribution in [0.4, 0.5) is 4.39 Å². The van der Waals surface area contributed by atoms with Gasteiger partial charge in [0.1, 0.15) is 11.6 Å². The lowest BCUT2D eigenvalue weighted by atomic mass is 10.0. The minimum absolute atomic E-state index is 0.0566. The summed E-state index contributed by atoms with van der Waals surface area (Å²) in [5.41, 5.74) is 1.42. The van der Waals surface area contributed by atoms with Gasteiger partial charge in [-0.25, -0.2) is 4.39 Å². The molecule has 0 radical (unpaired) electrons. The Morgan fingerprint density at radius 1 is 1.17 bits per heavy atom. The molecule has 0 saturated heterocycles. The van der Waals surface area contributed by atoms with Gasteiger partial charge in [-0.05, 0) is 49.7 Å².